The lowest BCUT2D eigenvalue weighted by molar-refractivity contribution is -0.143. The van der Waals surface area contributed by atoms with Gasteiger partial charge in [-0.2, -0.15) is 4.31 Å². The SMILES string of the molecule is Cc1ccc(CNC(=O)[C@H](c2ccccc2)N(Cc2ccc(F)cc2)C(=O)COc2ccc(S(=O)(=O)N3CCOCC3)cc2)cc1. The van der Waals surface area contributed by atoms with Crippen molar-refractivity contribution in [3.05, 3.63) is 131 Å². The van der Waals surface area contributed by atoms with Crippen LogP contribution in [0.4, 0.5) is 4.39 Å². The van der Waals surface area contributed by atoms with Crippen LogP contribution in [0.3, 0.4) is 0 Å². The van der Waals surface area contributed by atoms with Crippen LogP contribution in [0.15, 0.2) is 108 Å². The Hall–Kier alpha value is -4.58. The van der Waals surface area contributed by atoms with Crippen molar-refractivity contribution in [3.8, 4) is 5.75 Å². The van der Waals surface area contributed by atoms with Crippen molar-refractivity contribution >= 4 is 21.8 Å². The van der Waals surface area contributed by atoms with Crippen LogP contribution in [0.1, 0.15) is 28.3 Å². The van der Waals surface area contributed by atoms with Gasteiger partial charge in [0.15, 0.2) is 6.61 Å². The smallest absolute Gasteiger partial charge is 0.261 e. The van der Waals surface area contributed by atoms with Gasteiger partial charge in [-0.05, 0) is 60.0 Å². The lowest BCUT2D eigenvalue weighted by atomic mass is 10.0. The monoisotopic (exact) mass is 645 g/mol. The molecule has 1 atom stereocenters. The first kappa shape index (κ1) is 32.8. The Morgan fingerprint density at radius 1 is 0.891 bits per heavy atom. The molecule has 1 heterocycles. The van der Waals surface area contributed by atoms with Crippen LogP contribution in [-0.2, 0) is 37.4 Å². The molecule has 1 aliphatic heterocycles. The maximum absolute atomic E-state index is 13.9. The predicted molar refractivity (Wildman–Crippen MR) is 171 cm³/mol. The van der Waals surface area contributed by atoms with E-state index in [2.05, 4.69) is 5.32 Å². The van der Waals surface area contributed by atoms with Gasteiger partial charge in [-0.15, -0.1) is 0 Å². The van der Waals surface area contributed by atoms with Crippen LogP contribution in [0.25, 0.3) is 0 Å². The molecule has 1 N–H and O–H groups in total. The van der Waals surface area contributed by atoms with Crippen LogP contribution < -0.4 is 10.1 Å². The molecule has 9 nitrogen and oxygen atoms in total. The Morgan fingerprint density at radius 2 is 1.52 bits per heavy atom. The van der Waals surface area contributed by atoms with E-state index in [1.807, 2.05) is 37.3 Å². The Kier molecular flexibility index (Phi) is 10.8. The Bertz CT molecular complexity index is 1710. The van der Waals surface area contributed by atoms with Gasteiger partial charge in [0.2, 0.25) is 15.9 Å². The third-order valence-corrected chi connectivity index (χ3v) is 9.56. The van der Waals surface area contributed by atoms with Crippen LogP contribution in [0.5, 0.6) is 5.75 Å². The van der Waals surface area contributed by atoms with E-state index in [0.717, 1.165) is 11.1 Å². The summed E-state index contributed by atoms with van der Waals surface area (Å²) in [6.45, 7) is 3.06. The minimum atomic E-state index is -3.69. The van der Waals surface area contributed by atoms with E-state index in [0.29, 0.717) is 24.3 Å². The van der Waals surface area contributed by atoms with Gasteiger partial charge >= 0.3 is 0 Å². The molecular weight excluding hydrogens is 609 g/mol. The first-order chi connectivity index (χ1) is 22.2. The highest BCUT2D eigenvalue weighted by atomic mass is 32.2. The van der Waals surface area contributed by atoms with Gasteiger partial charge in [0.25, 0.3) is 5.91 Å². The minimum absolute atomic E-state index is 0.0106. The van der Waals surface area contributed by atoms with E-state index in [1.165, 1.54) is 45.6 Å². The lowest BCUT2D eigenvalue weighted by Gasteiger charge is -2.31. The summed E-state index contributed by atoms with van der Waals surface area (Å²) in [4.78, 5) is 29.2. The molecule has 240 valence electrons. The second-order valence-corrected chi connectivity index (χ2v) is 12.9. The fraction of sp³-hybridized carbons (Fsp3) is 0.257. The van der Waals surface area contributed by atoms with Crippen molar-refractivity contribution in [1.29, 1.82) is 0 Å². The largest absolute Gasteiger partial charge is 0.484 e. The number of amides is 2. The van der Waals surface area contributed by atoms with Crippen molar-refractivity contribution in [2.75, 3.05) is 32.9 Å². The zero-order chi connectivity index (χ0) is 32.5. The quantitative estimate of drug-likeness (QED) is 0.241. The molecule has 2 amide bonds. The fourth-order valence-corrected chi connectivity index (χ4v) is 6.49. The molecule has 1 saturated heterocycles. The molecular formula is C35H36FN3O6S. The van der Waals surface area contributed by atoms with Crippen molar-refractivity contribution in [3.63, 3.8) is 0 Å². The first-order valence-corrected chi connectivity index (χ1v) is 16.4. The van der Waals surface area contributed by atoms with Gasteiger partial charge in [0.05, 0.1) is 18.1 Å². The summed E-state index contributed by atoms with van der Waals surface area (Å²) in [5.74, 6) is -1.01. The maximum Gasteiger partial charge on any atom is 0.261 e. The van der Waals surface area contributed by atoms with Gasteiger partial charge in [-0.1, -0.05) is 72.3 Å². The predicted octanol–water partition coefficient (Wildman–Crippen LogP) is 4.62. The molecule has 1 fully saturated rings. The third-order valence-electron chi connectivity index (χ3n) is 7.64. The summed E-state index contributed by atoms with van der Waals surface area (Å²) in [7, 11) is -3.69. The number of morpholine rings is 1. The number of benzene rings is 4. The van der Waals surface area contributed by atoms with E-state index in [4.69, 9.17) is 9.47 Å². The average Bonchev–Trinajstić information content (AvgIpc) is 3.08. The van der Waals surface area contributed by atoms with E-state index >= 15 is 0 Å². The summed E-state index contributed by atoms with van der Waals surface area (Å²) in [6, 6.07) is 27.3. The third kappa shape index (κ3) is 8.36. The van der Waals surface area contributed by atoms with Gasteiger partial charge < -0.3 is 19.7 Å². The highest BCUT2D eigenvalue weighted by Gasteiger charge is 2.32. The van der Waals surface area contributed by atoms with Crippen molar-refractivity contribution < 1.29 is 31.9 Å². The van der Waals surface area contributed by atoms with Crippen LogP contribution in [-0.4, -0.2) is 62.3 Å². The molecule has 0 aromatic heterocycles. The normalized spacial score (nSPS) is 14.3. The lowest BCUT2D eigenvalue weighted by Crippen LogP contribution is -2.45. The number of hydrogen-bond acceptors (Lipinski definition) is 6. The number of carbonyl (C=O) groups excluding carboxylic acids is 2. The van der Waals surface area contributed by atoms with Crippen molar-refractivity contribution in [2.24, 2.45) is 0 Å². The van der Waals surface area contributed by atoms with E-state index in [1.54, 1.807) is 36.4 Å². The highest BCUT2D eigenvalue weighted by Crippen LogP contribution is 2.26. The van der Waals surface area contributed by atoms with E-state index in [9.17, 15) is 22.4 Å². The summed E-state index contributed by atoms with van der Waals surface area (Å²) < 4.78 is 52.1. The number of rotatable bonds is 12. The summed E-state index contributed by atoms with van der Waals surface area (Å²) in [6.07, 6.45) is 0. The first-order valence-electron chi connectivity index (χ1n) is 14.9. The number of ether oxygens (including phenoxy) is 2. The molecule has 5 rings (SSSR count). The summed E-state index contributed by atoms with van der Waals surface area (Å²) in [5.41, 5.74) is 3.22. The maximum atomic E-state index is 13.9. The second-order valence-electron chi connectivity index (χ2n) is 10.9. The molecule has 46 heavy (non-hydrogen) atoms. The summed E-state index contributed by atoms with van der Waals surface area (Å²) >= 11 is 0. The number of nitrogens with one attached hydrogen (secondary N) is 1. The van der Waals surface area contributed by atoms with E-state index < -0.39 is 34.4 Å². The number of nitrogens with zero attached hydrogens (tertiary/aromatic N) is 2. The molecule has 0 radical (unpaired) electrons. The number of halogens is 1. The van der Waals surface area contributed by atoms with Gasteiger partial charge in [-0.3, -0.25) is 9.59 Å². The number of aryl methyl sites for hydroxylation is 1. The number of hydrogen-bond donors (Lipinski definition) is 1. The molecule has 0 unspecified atom stereocenters. The van der Waals surface area contributed by atoms with Gasteiger partial charge in [0.1, 0.15) is 17.6 Å². The Balaban J connectivity index is 1.36. The van der Waals surface area contributed by atoms with Crippen molar-refractivity contribution in [1.82, 2.24) is 14.5 Å². The Morgan fingerprint density at radius 3 is 2.17 bits per heavy atom. The molecule has 0 saturated carbocycles. The Labute approximate surface area is 268 Å². The fourth-order valence-electron chi connectivity index (χ4n) is 5.08. The molecule has 11 heteroatoms. The topological polar surface area (TPSA) is 105 Å². The molecule has 4 aromatic carbocycles. The second kappa shape index (κ2) is 15.1. The zero-order valence-electron chi connectivity index (χ0n) is 25.5. The van der Waals surface area contributed by atoms with Crippen LogP contribution in [0, 0.1) is 12.7 Å². The number of sulfonamides is 1. The van der Waals surface area contributed by atoms with Gasteiger partial charge in [-0.25, -0.2) is 12.8 Å². The van der Waals surface area contributed by atoms with Gasteiger partial charge in [0, 0.05) is 26.2 Å². The standard InChI is InChI=1S/C35H36FN3O6S/c1-26-7-9-27(10-8-26)23-37-35(41)34(29-5-3-2-4-6-29)39(24-28-11-13-30(36)14-12-28)33(40)25-45-31-15-17-32(18-16-31)46(42,43)38-19-21-44-22-20-38/h2-18,34H,19-25H2,1H3,(H,37,41)/t34-/m0/s1. The van der Waals surface area contributed by atoms with Crippen LogP contribution >= 0.6 is 0 Å². The molecule has 4 aromatic rings. The van der Waals surface area contributed by atoms with Crippen molar-refractivity contribution in [2.45, 2.75) is 31.0 Å². The summed E-state index contributed by atoms with van der Waals surface area (Å²) in [5, 5.41) is 2.97. The number of carbonyl (C=O) groups is 2. The van der Waals surface area contributed by atoms with E-state index in [-0.39, 0.29) is 42.7 Å². The molecule has 0 aliphatic carbocycles. The highest BCUT2D eigenvalue weighted by molar-refractivity contribution is 7.89. The van der Waals surface area contributed by atoms with Crippen LogP contribution in [0.2, 0.25) is 0 Å². The molecule has 0 bridgehead atoms. The molecule has 1 aliphatic rings. The molecule has 0 spiro atoms. The zero-order valence-corrected chi connectivity index (χ0v) is 26.3. The average molecular weight is 646 g/mol. The minimum Gasteiger partial charge on any atom is -0.484 e.